The molecule has 0 aromatic rings. The van der Waals surface area contributed by atoms with Crippen molar-refractivity contribution in [1.29, 1.82) is 0 Å². The number of rotatable bonds is 12. The van der Waals surface area contributed by atoms with E-state index in [0.29, 0.717) is 18.9 Å². The summed E-state index contributed by atoms with van der Waals surface area (Å²) in [7, 11) is 0. The molecular weight excluding hydrogens is 330 g/mol. The van der Waals surface area contributed by atoms with Crippen LogP contribution in [0.1, 0.15) is 71.6 Å². The SMILES string of the molecule is CCCCOCC1CCC(COCCC(=O)NC2CC(C(C)=O)C2)CC1. The zero-order valence-electron chi connectivity index (χ0n) is 16.6. The Hall–Kier alpha value is -0.940. The highest BCUT2D eigenvalue weighted by Crippen LogP contribution is 2.29. The van der Waals surface area contributed by atoms with Crippen LogP contribution in [0.2, 0.25) is 0 Å². The predicted molar refractivity (Wildman–Crippen MR) is 102 cm³/mol. The molecule has 2 saturated carbocycles. The van der Waals surface area contributed by atoms with Crippen molar-refractivity contribution in [3.8, 4) is 0 Å². The molecule has 0 radical (unpaired) electrons. The van der Waals surface area contributed by atoms with E-state index in [0.717, 1.165) is 45.0 Å². The average molecular weight is 368 g/mol. The molecule has 0 atom stereocenters. The number of hydrogen-bond donors (Lipinski definition) is 1. The van der Waals surface area contributed by atoms with Crippen LogP contribution < -0.4 is 5.32 Å². The molecule has 0 spiro atoms. The molecule has 2 fully saturated rings. The second-order valence-electron chi connectivity index (χ2n) is 8.18. The first-order valence-corrected chi connectivity index (χ1v) is 10.5. The fourth-order valence-corrected chi connectivity index (χ4v) is 3.84. The zero-order chi connectivity index (χ0) is 18.8. The number of ether oxygens (including phenoxy) is 2. The molecule has 0 aromatic carbocycles. The minimum Gasteiger partial charge on any atom is -0.381 e. The van der Waals surface area contributed by atoms with Crippen LogP contribution >= 0.6 is 0 Å². The first-order chi connectivity index (χ1) is 12.6. The zero-order valence-corrected chi connectivity index (χ0v) is 16.6. The Balaban J connectivity index is 1.43. The number of amides is 1. The molecule has 0 aromatic heterocycles. The van der Waals surface area contributed by atoms with Crippen LogP contribution in [0.4, 0.5) is 0 Å². The number of hydrogen-bond acceptors (Lipinski definition) is 4. The predicted octanol–water partition coefficient (Wildman–Crippen LogP) is 3.50. The summed E-state index contributed by atoms with van der Waals surface area (Å²) in [5, 5.41) is 2.99. The largest absolute Gasteiger partial charge is 0.381 e. The lowest BCUT2D eigenvalue weighted by Crippen LogP contribution is -2.46. The van der Waals surface area contributed by atoms with Crippen molar-refractivity contribution >= 4 is 11.7 Å². The molecule has 0 bridgehead atoms. The van der Waals surface area contributed by atoms with E-state index < -0.39 is 0 Å². The van der Waals surface area contributed by atoms with Gasteiger partial charge in [0.1, 0.15) is 5.78 Å². The Bertz CT molecular complexity index is 426. The van der Waals surface area contributed by atoms with Gasteiger partial charge in [0.25, 0.3) is 0 Å². The van der Waals surface area contributed by atoms with E-state index in [1.165, 1.54) is 32.1 Å². The number of ketones is 1. The molecule has 150 valence electrons. The lowest BCUT2D eigenvalue weighted by molar-refractivity contribution is -0.128. The maximum Gasteiger partial charge on any atom is 0.222 e. The molecule has 5 heteroatoms. The van der Waals surface area contributed by atoms with Crippen LogP contribution in [-0.4, -0.2) is 44.2 Å². The summed E-state index contributed by atoms with van der Waals surface area (Å²) in [5.74, 6) is 1.79. The third-order valence-corrected chi connectivity index (χ3v) is 5.87. The maximum absolute atomic E-state index is 11.9. The van der Waals surface area contributed by atoms with Crippen molar-refractivity contribution in [3.63, 3.8) is 0 Å². The number of carbonyl (C=O) groups excluding carboxylic acids is 2. The molecule has 2 rings (SSSR count). The van der Waals surface area contributed by atoms with Gasteiger partial charge in [-0.3, -0.25) is 9.59 Å². The summed E-state index contributed by atoms with van der Waals surface area (Å²) < 4.78 is 11.5. The van der Waals surface area contributed by atoms with Crippen LogP contribution in [0.15, 0.2) is 0 Å². The third-order valence-electron chi connectivity index (χ3n) is 5.87. The molecule has 0 heterocycles. The van der Waals surface area contributed by atoms with Crippen LogP contribution in [0.25, 0.3) is 0 Å². The lowest BCUT2D eigenvalue weighted by atomic mass is 9.78. The minimum absolute atomic E-state index is 0.0462. The Kier molecular flexibility index (Phi) is 9.62. The second kappa shape index (κ2) is 11.7. The van der Waals surface area contributed by atoms with Gasteiger partial charge in [-0.15, -0.1) is 0 Å². The van der Waals surface area contributed by atoms with Crippen LogP contribution in [-0.2, 0) is 19.1 Å². The van der Waals surface area contributed by atoms with Gasteiger partial charge in [-0.25, -0.2) is 0 Å². The van der Waals surface area contributed by atoms with Gasteiger partial charge in [-0.05, 0) is 63.7 Å². The van der Waals surface area contributed by atoms with Gasteiger partial charge in [0.05, 0.1) is 6.61 Å². The van der Waals surface area contributed by atoms with Crippen LogP contribution in [0, 0.1) is 17.8 Å². The van der Waals surface area contributed by atoms with Gasteiger partial charge in [-0.1, -0.05) is 13.3 Å². The van der Waals surface area contributed by atoms with Crippen molar-refractivity contribution < 1.29 is 19.1 Å². The van der Waals surface area contributed by atoms with Crippen LogP contribution in [0.3, 0.4) is 0 Å². The van der Waals surface area contributed by atoms with Gasteiger partial charge in [-0.2, -0.15) is 0 Å². The first-order valence-electron chi connectivity index (χ1n) is 10.5. The Morgan fingerprint density at radius 1 is 0.962 bits per heavy atom. The van der Waals surface area contributed by atoms with E-state index in [2.05, 4.69) is 12.2 Å². The normalized spacial score (nSPS) is 28.4. The van der Waals surface area contributed by atoms with E-state index in [1.54, 1.807) is 6.92 Å². The minimum atomic E-state index is 0.0462. The Morgan fingerprint density at radius 2 is 1.54 bits per heavy atom. The summed E-state index contributed by atoms with van der Waals surface area (Å²) in [6, 6.07) is 0.186. The number of carbonyl (C=O) groups is 2. The summed E-state index contributed by atoms with van der Waals surface area (Å²) in [4.78, 5) is 23.1. The van der Waals surface area contributed by atoms with E-state index in [1.807, 2.05) is 0 Å². The quantitative estimate of drug-likeness (QED) is 0.536. The second-order valence-corrected chi connectivity index (χ2v) is 8.18. The molecule has 0 aliphatic heterocycles. The molecule has 0 unspecified atom stereocenters. The Morgan fingerprint density at radius 3 is 2.08 bits per heavy atom. The number of unbranched alkanes of at least 4 members (excludes halogenated alkanes) is 1. The molecule has 5 nitrogen and oxygen atoms in total. The number of nitrogens with one attached hydrogen (secondary N) is 1. The van der Waals surface area contributed by atoms with Gasteiger partial charge in [0.15, 0.2) is 0 Å². The summed E-state index contributed by atoms with van der Waals surface area (Å²) >= 11 is 0. The van der Waals surface area contributed by atoms with Crippen molar-refractivity contribution in [2.24, 2.45) is 17.8 Å². The molecule has 26 heavy (non-hydrogen) atoms. The van der Waals surface area contributed by atoms with Gasteiger partial charge in [0.2, 0.25) is 5.91 Å². The lowest BCUT2D eigenvalue weighted by Gasteiger charge is -2.34. The molecule has 2 aliphatic carbocycles. The molecule has 1 amide bonds. The van der Waals surface area contributed by atoms with Gasteiger partial charge < -0.3 is 14.8 Å². The fraction of sp³-hybridized carbons (Fsp3) is 0.905. The van der Waals surface area contributed by atoms with E-state index >= 15 is 0 Å². The van der Waals surface area contributed by atoms with E-state index in [9.17, 15) is 9.59 Å². The fourth-order valence-electron chi connectivity index (χ4n) is 3.84. The topological polar surface area (TPSA) is 64.6 Å². The highest BCUT2D eigenvalue weighted by Gasteiger charge is 2.32. The van der Waals surface area contributed by atoms with Gasteiger partial charge >= 0.3 is 0 Å². The molecular formula is C21H37NO4. The smallest absolute Gasteiger partial charge is 0.222 e. The van der Waals surface area contributed by atoms with Crippen molar-refractivity contribution in [2.45, 2.75) is 77.7 Å². The summed E-state index contributed by atoms with van der Waals surface area (Å²) in [5.41, 5.74) is 0. The highest BCUT2D eigenvalue weighted by atomic mass is 16.5. The standard InChI is InChI=1S/C21H37NO4/c1-3-4-10-25-14-17-5-7-18(8-6-17)15-26-11-9-21(24)22-20-12-19(13-20)16(2)23/h17-20H,3-15H2,1-2H3,(H,22,24). The van der Waals surface area contributed by atoms with E-state index in [4.69, 9.17) is 9.47 Å². The monoisotopic (exact) mass is 367 g/mol. The highest BCUT2D eigenvalue weighted by molar-refractivity contribution is 5.80. The van der Waals surface area contributed by atoms with E-state index in [-0.39, 0.29) is 23.7 Å². The molecule has 0 saturated heterocycles. The van der Waals surface area contributed by atoms with Crippen molar-refractivity contribution in [3.05, 3.63) is 0 Å². The third kappa shape index (κ3) is 7.75. The summed E-state index contributed by atoms with van der Waals surface area (Å²) in [6.45, 7) is 6.90. The van der Waals surface area contributed by atoms with Crippen molar-refractivity contribution in [2.75, 3.05) is 26.4 Å². The summed E-state index contributed by atoms with van der Waals surface area (Å²) in [6.07, 6.45) is 9.27. The first kappa shape index (κ1) is 21.4. The van der Waals surface area contributed by atoms with Gasteiger partial charge in [0, 0.05) is 38.2 Å². The molecule has 1 N–H and O–H groups in total. The Labute approximate surface area is 158 Å². The molecule has 2 aliphatic rings. The number of Topliss-reactive ketones (excluding diaryl/α,β-unsaturated/α-hetero) is 1. The maximum atomic E-state index is 11.9. The van der Waals surface area contributed by atoms with Crippen molar-refractivity contribution in [1.82, 2.24) is 5.32 Å². The van der Waals surface area contributed by atoms with Crippen LogP contribution in [0.5, 0.6) is 0 Å². The average Bonchev–Trinajstić information content (AvgIpc) is 2.59.